The van der Waals surface area contributed by atoms with E-state index in [4.69, 9.17) is 15.6 Å². The van der Waals surface area contributed by atoms with Crippen LogP contribution in [0.2, 0.25) is 0 Å². The number of carbonyl (C=O) groups is 2. The maximum Gasteiger partial charge on any atom is 0.341 e. The summed E-state index contributed by atoms with van der Waals surface area (Å²) < 4.78 is 7.88. The Hall–Kier alpha value is -3.28. The summed E-state index contributed by atoms with van der Waals surface area (Å²) in [5, 5.41) is 9.92. The molecule has 0 radical (unpaired) electrons. The zero-order valence-electron chi connectivity index (χ0n) is 19.5. The number of fused-ring (bicyclic) bond motifs is 3. The Morgan fingerprint density at radius 2 is 1.74 bits per heavy atom. The Morgan fingerprint density at radius 3 is 2.41 bits per heavy atom. The molecule has 1 saturated carbocycles. The molecule has 1 atom stereocenters. The quantitative estimate of drug-likeness (QED) is 0.479. The Kier molecular flexibility index (Phi) is 6.31. The fourth-order valence-corrected chi connectivity index (χ4v) is 5.94. The van der Waals surface area contributed by atoms with E-state index in [1.54, 1.807) is 6.07 Å². The summed E-state index contributed by atoms with van der Waals surface area (Å²) in [7, 11) is 0. The Balaban J connectivity index is 1.50. The number of amides is 1. The molecule has 6 heteroatoms. The van der Waals surface area contributed by atoms with E-state index in [9.17, 15) is 9.59 Å². The van der Waals surface area contributed by atoms with E-state index in [0.29, 0.717) is 24.6 Å². The molecule has 2 aliphatic rings. The van der Waals surface area contributed by atoms with Crippen LogP contribution in [-0.2, 0) is 22.6 Å². The van der Waals surface area contributed by atoms with Crippen molar-refractivity contribution in [3.63, 3.8) is 0 Å². The lowest BCUT2D eigenvalue weighted by molar-refractivity contribution is -0.139. The monoisotopic (exact) mass is 460 g/mol. The van der Waals surface area contributed by atoms with Crippen LogP contribution < -0.4 is 10.5 Å². The lowest BCUT2D eigenvalue weighted by atomic mass is 9.91. The molecule has 178 valence electrons. The van der Waals surface area contributed by atoms with Gasteiger partial charge in [0, 0.05) is 17.6 Å². The number of rotatable bonds is 7. The van der Waals surface area contributed by atoms with Crippen LogP contribution in [0.1, 0.15) is 79.2 Å². The summed E-state index contributed by atoms with van der Waals surface area (Å²) in [6.45, 7) is 0.258. The topological polar surface area (TPSA) is 94.6 Å². The number of hydrogen-bond donors (Lipinski definition) is 2. The lowest BCUT2D eigenvalue weighted by Crippen LogP contribution is -2.19. The van der Waals surface area contributed by atoms with Crippen LogP contribution in [0, 0.1) is 0 Å². The summed E-state index contributed by atoms with van der Waals surface area (Å²) in [4.78, 5) is 23.4. The molecule has 3 aromatic rings. The predicted octanol–water partition coefficient (Wildman–Crippen LogP) is 5.11. The van der Waals surface area contributed by atoms with Crippen LogP contribution in [0.3, 0.4) is 0 Å². The Bertz CT molecular complexity index is 1200. The molecule has 0 spiro atoms. The normalized spacial score (nSPS) is 18.5. The Morgan fingerprint density at radius 1 is 1.00 bits per heavy atom. The molecule has 2 aromatic carbocycles. The summed E-state index contributed by atoms with van der Waals surface area (Å²) >= 11 is 0. The molecule has 0 bridgehead atoms. The molecule has 0 aliphatic heterocycles. The van der Waals surface area contributed by atoms with Crippen molar-refractivity contribution in [3.8, 4) is 5.75 Å². The highest BCUT2D eigenvalue weighted by atomic mass is 16.5. The first kappa shape index (κ1) is 22.5. The van der Waals surface area contributed by atoms with E-state index in [1.165, 1.54) is 49.7 Å². The first-order chi connectivity index (χ1) is 16.5. The van der Waals surface area contributed by atoms with Gasteiger partial charge in [0.15, 0.2) is 6.61 Å². The van der Waals surface area contributed by atoms with Crippen LogP contribution >= 0.6 is 0 Å². The fraction of sp³-hybridized carbons (Fsp3) is 0.429. The number of ether oxygens (including phenoxy) is 1. The van der Waals surface area contributed by atoms with Crippen LogP contribution in [-0.4, -0.2) is 28.2 Å². The van der Waals surface area contributed by atoms with Gasteiger partial charge in [0.1, 0.15) is 5.75 Å². The molecule has 3 N–H and O–H groups in total. The largest absolute Gasteiger partial charge is 0.481 e. The van der Waals surface area contributed by atoms with Gasteiger partial charge in [-0.2, -0.15) is 0 Å². The minimum Gasteiger partial charge on any atom is -0.481 e. The Labute approximate surface area is 199 Å². The fourth-order valence-electron chi connectivity index (χ4n) is 5.94. The van der Waals surface area contributed by atoms with Crippen LogP contribution in [0.25, 0.3) is 10.9 Å². The van der Waals surface area contributed by atoms with Crippen molar-refractivity contribution in [3.05, 3.63) is 64.8 Å². The van der Waals surface area contributed by atoms with Crippen molar-refractivity contribution in [1.29, 1.82) is 0 Å². The first-order valence-corrected chi connectivity index (χ1v) is 12.4. The molecule has 1 aromatic heterocycles. The molecular formula is C28H32N2O4. The third-order valence-electron chi connectivity index (χ3n) is 7.56. The number of carboxylic acids is 1. The first-order valence-electron chi connectivity index (χ1n) is 12.4. The molecule has 1 fully saturated rings. The second-order valence-electron chi connectivity index (χ2n) is 9.70. The molecule has 1 amide bonds. The van der Waals surface area contributed by atoms with Crippen LogP contribution in [0.4, 0.5) is 0 Å². The third kappa shape index (κ3) is 4.29. The van der Waals surface area contributed by atoms with Gasteiger partial charge in [-0.25, -0.2) is 4.79 Å². The second-order valence-corrected chi connectivity index (χ2v) is 9.70. The maximum absolute atomic E-state index is 12.2. The summed E-state index contributed by atoms with van der Waals surface area (Å²) in [5.41, 5.74) is 11.3. The second kappa shape index (κ2) is 9.53. The van der Waals surface area contributed by atoms with Gasteiger partial charge in [0.05, 0.1) is 11.4 Å². The summed E-state index contributed by atoms with van der Waals surface area (Å²) in [5.74, 6) is -0.608. The number of primary amides is 1. The van der Waals surface area contributed by atoms with Gasteiger partial charge < -0.3 is 20.1 Å². The SMILES string of the molecule is NC(=O)C1CCc2c1c1c(OCC(=O)O)cccc1n2Cc1ccc(C2CCCCCC2)cc1. The van der Waals surface area contributed by atoms with Gasteiger partial charge in [-0.1, -0.05) is 56.0 Å². The number of carboxylic acid groups (broad SMARTS) is 1. The molecule has 1 unspecified atom stereocenters. The van der Waals surface area contributed by atoms with Crippen molar-refractivity contribution in [2.45, 2.75) is 69.7 Å². The van der Waals surface area contributed by atoms with Crippen LogP contribution in [0.15, 0.2) is 42.5 Å². The predicted molar refractivity (Wildman–Crippen MR) is 131 cm³/mol. The van der Waals surface area contributed by atoms with Crippen LogP contribution in [0.5, 0.6) is 5.75 Å². The molecule has 34 heavy (non-hydrogen) atoms. The van der Waals surface area contributed by atoms with Gasteiger partial charge in [0.2, 0.25) is 5.91 Å². The van der Waals surface area contributed by atoms with Gasteiger partial charge in [-0.3, -0.25) is 4.79 Å². The van der Waals surface area contributed by atoms with Crippen molar-refractivity contribution in [2.75, 3.05) is 6.61 Å². The summed E-state index contributed by atoms with van der Waals surface area (Å²) in [6.07, 6.45) is 9.34. The van der Waals surface area contributed by atoms with Crippen molar-refractivity contribution in [1.82, 2.24) is 4.57 Å². The number of benzene rings is 2. The number of aliphatic carboxylic acids is 1. The number of carbonyl (C=O) groups excluding carboxylic acids is 1. The third-order valence-corrected chi connectivity index (χ3v) is 7.56. The van der Waals surface area contributed by atoms with E-state index in [2.05, 4.69) is 28.8 Å². The molecule has 2 aliphatic carbocycles. The molecule has 6 nitrogen and oxygen atoms in total. The molecule has 0 saturated heterocycles. The minimum atomic E-state index is -1.03. The van der Waals surface area contributed by atoms with Gasteiger partial charge in [0.25, 0.3) is 0 Å². The van der Waals surface area contributed by atoms with Gasteiger partial charge in [-0.05, 0) is 60.4 Å². The highest BCUT2D eigenvalue weighted by molar-refractivity contribution is 5.97. The zero-order chi connectivity index (χ0) is 23.7. The highest BCUT2D eigenvalue weighted by Gasteiger charge is 2.34. The maximum atomic E-state index is 12.2. The van der Waals surface area contributed by atoms with E-state index in [0.717, 1.165) is 28.6 Å². The number of aromatic nitrogens is 1. The van der Waals surface area contributed by atoms with E-state index >= 15 is 0 Å². The zero-order valence-corrected chi connectivity index (χ0v) is 19.5. The highest BCUT2D eigenvalue weighted by Crippen LogP contribution is 2.44. The number of nitrogens with zero attached hydrogens (tertiary/aromatic N) is 1. The molecule has 1 heterocycles. The van der Waals surface area contributed by atoms with Gasteiger partial charge >= 0.3 is 5.97 Å². The van der Waals surface area contributed by atoms with Gasteiger partial charge in [-0.15, -0.1) is 0 Å². The minimum absolute atomic E-state index is 0.349. The number of nitrogens with two attached hydrogens (primary N) is 1. The van der Waals surface area contributed by atoms with E-state index in [-0.39, 0.29) is 11.8 Å². The average molecular weight is 461 g/mol. The standard InChI is InChI=1S/C28H32N2O4/c29-28(33)21-14-15-23-26(21)27-22(8-5-9-24(27)34-17-25(31)32)30(23)16-18-10-12-20(13-11-18)19-6-3-1-2-4-7-19/h5,8-13,19,21H,1-4,6-7,14-17H2,(H2,29,33)(H,31,32). The molecule has 5 rings (SSSR count). The van der Waals surface area contributed by atoms with E-state index < -0.39 is 12.6 Å². The van der Waals surface area contributed by atoms with Crippen molar-refractivity contribution in [2.24, 2.45) is 5.73 Å². The van der Waals surface area contributed by atoms with E-state index in [1.807, 2.05) is 12.1 Å². The van der Waals surface area contributed by atoms with Crippen molar-refractivity contribution < 1.29 is 19.4 Å². The summed E-state index contributed by atoms with van der Waals surface area (Å²) in [6, 6.07) is 14.7. The van der Waals surface area contributed by atoms with Crippen molar-refractivity contribution >= 4 is 22.8 Å². The average Bonchev–Trinajstić information content (AvgIpc) is 3.26. The number of hydrogen-bond acceptors (Lipinski definition) is 3. The smallest absolute Gasteiger partial charge is 0.341 e. The molecular weight excluding hydrogens is 428 g/mol. The lowest BCUT2D eigenvalue weighted by Gasteiger charge is -2.16.